The normalized spacial score (nSPS) is 31.4. The Morgan fingerprint density at radius 2 is 2.06 bits per heavy atom. The summed E-state index contributed by atoms with van der Waals surface area (Å²) in [4.78, 5) is 16.3. The maximum atomic E-state index is 11.8. The van der Waals surface area contributed by atoms with Gasteiger partial charge in [0, 0.05) is 19.1 Å². The summed E-state index contributed by atoms with van der Waals surface area (Å²) in [5.41, 5.74) is 5.66. The van der Waals surface area contributed by atoms with Crippen LogP contribution in [0.2, 0.25) is 0 Å². The average Bonchev–Trinajstić information content (AvgIpc) is 2.28. The number of likely N-dealkylation sites (tertiary alicyclic amines) is 2. The van der Waals surface area contributed by atoms with Crippen molar-refractivity contribution in [2.45, 2.75) is 38.3 Å². The van der Waals surface area contributed by atoms with Crippen LogP contribution in [0.4, 0.5) is 0 Å². The van der Waals surface area contributed by atoms with E-state index < -0.39 is 0 Å². The molecule has 0 bridgehead atoms. The Morgan fingerprint density at radius 3 is 2.71 bits per heavy atom. The van der Waals surface area contributed by atoms with Crippen molar-refractivity contribution in [3.8, 4) is 0 Å². The first-order valence-electron chi connectivity index (χ1n) is 6.34. The van der Waals surface area contributed by atoms with Crippen LogP contribution in [-0.2, 0) is 4.79 Å². The lowest BCUT2D eigenvalue weighted by molar-refractivity contribution is -0.135. The number of carbonyl (C=O) groups excluding carboxylic acids is 1. The summed E-state index contributed by atoms with van der Waals surface area (Å²) in [7, 11) is 2.21. The summed E-state index contributed by atoms with van der Waals surface area (Å²) in [6.07, 6.45) is 3.63. The zero-order valence-corrected chi connectivity index (χ0v) is 11.6. The number of nitrogens with zero attached hydrogens (tertiary/aromatic N) is 2. The Bertz CT molecular complexity index is 272. The zero-order chi connectivity index (χ0) is 11.7. The molecule has 2 fully saturated rings. The molecule has 2 aliphatic rings. The summed E-state index contributed by atoms with van der Waals surface area (Å²) in [5, 5.41) is 0. The van der Waals surface area contributed by atoms with Crippen molar-refractivity contribution in [3.63, 3.8) is 0 Å². The third-order valence-electron chi connectivity index (χ3n) is 4.05. The molecule has 0 saturated carbocycles. The van der Waals surface area contributed by atoms with Gasteiger partial charge in [-0.3, -0.25) is 4.79 Å². The fourth-order valence-electron chi connectivity index (χ4n) is 3.14. The molecule has 0 spiro atoms. The Hall–Kier alpha value is -0.320. The van der Waals surface area contributed by atoms with Crippen LogP contribution in [0, 0.1) is 5.92 Å². The molecular weight excluding hydrogens is 238 g/mol. The van der Waals surface area contributed by atoms with E-state index in [1.54, 1.807) is 6.92 Å². The maximum Gasteiger partial charge on any atom is 0.239 e. The van der Waals surface area contributed by atoms with E-state index in [1.165, 1.54) is 19.4 Å². The van der Waals surface area contributed by atoms with Crippen molar-refractivity contribution in [2.24, 2.45) is 11.7 Å². The highest BCUT2D eigenvalue weighted by Crippen LogP contribution is 2.29. The number of rotatable bonds is 1. The molecule has 17 heavy (non-hydrogen) atoms. The Morgan fingerprint density at radius 1 is 1.35 bits per heavy atom. The van der Waals surface area contributed by atoms with Gasteiger partial charge < -0.3 is 15.5 Å². The number of hydrogen-bond donors (Lipinski definition) is 1. The second-order valence-electron chi connectivity index (χ2n) is 5.31. The quantitative estimate of drug-likeness (QED) is 0.756. The highest BCUT2D eigenvalue weighted by molar-refractivity contribution is 5.85. The minimum absolute atomic E-state index is 0. The van der Waals surface area contributed by atoms with Gasteiger partial charge in [0.15, 0.2) is 0 Å². The lowest BCUT2D eigenvalue weighted by Crippen LogP contribution is -2.56. The molecule has 2 rings (SSSR count). The van der Waals surface area contributed by atoms with Crippen molar-refractivity contribution >= 4 is 18.3 Å². The van der Waals surface area contributed by atoms with Crippen molar-refractivity contribution < 1.29 is 4.79 Å². The van der Waals surface area contributed by atoms with Crippen LogP contribution in [0.25, 0.3) is 0 Å². The molecular formula is C12H24ClN3O. The first-order chi connectivity index (χ1) is 7.59. The van der Waals surface area contributed by atoms with E-state index in [0.717, 1.165) is 19.5 Å². The van der Waals surface area contributed by atoms with Crippen LogP contribution >= 0.6 is 12.4 Å². The summed E-state index contributed by atoms with van der Waals surface area (Å²) < 4.78 is 0. The predicted molar refractivity (Wildman–Crippen MR) is 71.2 cm³/mol. The van der Waals surface area contributed by atoms with E-state index in [9.17, 15) is 4.79 Å². The fraction of sp³-hybridized carbons (Fsp3) is 0.917. The third kappa shape index (κ3) is 3.12. The first kappa shape index (κ1) is 14.7. The molecule has 4 nitrogen and oxygen atoms in total. The lowest BCUT2D eigenvalue weighted by Gasteiger charge is -2.46. The second kappa shape index (κ2) is 6.03. The second-order valence-corrected chi connectivity index (χ2v) is 5.31. The number of hydrogen-bond acceptors (Lipinski definition) is 3. The minimum Gasteiger partial charge on any atom is -0.341 e. The van der Waals surface area contributed by atoms with E-state index in [4.69, 9.17) is 5.73 Å². The van der Waals surface area contributed by atoms with Crippen LogP contribution in [0.3, 0.4) is 0 Å². The van der Waals surface area contributed by atoms with Gasteiger partial charge in [-0.05, 0) is 45.7 Å². The topological polar surface area (TPSA) is 49.6 Å². The molecule has 0 aliphatic carbocycles. The van der Waals surface area contributed by atoms with E-state index in [0.29, 0.717) is 12.0 Å². The standard InChI is InChI=1S/C12H23N3O.ClH/c1-9(13)12(16)15-7-5-11-10(8-15)4-3-6-14(11)2;/h9-11H,3-8,13H2,1-2H3;1H/t9-,10?,11?;/m1./s1. The number of fused-ring (bicyclic) bond motifs is 1. The van der Waals surface area contributed by atoms with Gasteiger partial charge in [0.25, 0.3) is 0 Å². The largest absolute Gasteiger partial charge is 0.341 e. The van der Waals surface area contributed by atoms with Gasteiger partial charge in [0.1, 0.15) is 0 Å². The lowest BCUT2D eigenvalue weighted by atomic mass is 9.84. The highest BCUT2D eigenvalue weighted by Gasteiger charge is 2.36. The van der Waals surface area contributed by atoms with Crippen LogP contribution < -0.4 is 5.73 Å². The molecule has 2 saturated heterocycles. The van der Waals surface area contributed by atoms with Gasteiger partial charge in [-0.2, -0.15) is 0 Å². The third-order valence-corrected chi connectivity index (χ3v) is 4.05. The Balaban J connectivity index is 0.00000144. The van der Waals surface area contributed by atoms with Gasteiger partial charge in [-0.1, -0.05) is 0 Å². The molecule has 100 valence electrons. The molecule has 1 amide bonds. The molecule has 2 aliphatic heterocycles. The Labute approximate surface area is 110 Å². The van der Waals surface area contributed by atoms with E-state index >= 15 is 0 Å². The van der Waals surface area contributed by atoms with Crippen molar-refractivity contribution in [1.82, 2.24) is 9.80 Å². The van der Waals surface area contributed by atoms with Crippen LogP contribution in [0.15, 0.2) is 0 Å². The monoisotopic (exact) mass is 261 g/mol. The summed E-state index contributed by atoms with van der Waals surface area (Å²) >= 11 is 0. The molecule has 0 aromatic heterocycles. The van der Waals surface area contributed by atoms with Crippen LogP contribution in [0.1, 0.15) is 26.2 Å². The molecule has 3 atom stereocenters. The molecule has 5 heteroatoms. The number of nitrogens with two attached hydrogens (primary N) is 1. The minimum atomic E-state index is -0.349. The van der Waals surface area contributed by atoms with Crippen molar-refractivity contribution in [2.75, 3.05) is 26.7 Å². The van der Waals surface area contributed by atoms with Gasteiger partial charge in [0.05, 0.1) is 6.04 Å². The van der Waals surface area contributed by atoms with Gasteiger partial charge in [0.2, 0.25) is 5.91 Å². The van der Waals surface area contributed by atoms with Gasteiger partial charge >= 0.3 is 0 Å². The summed E-state index contributed by atoms with van der Waals surface area (Å²) in [6, 6.07) is 0.337. The van der Waals surface area contributed by atoms with Crippen LogP contribution in [-0.4, -0.2) is 54.5 Å². The summed E-state index contributed by atoms with van der Waals surface area (Å²) in [6.45, 7) is 4.78. The molecule has 0 radical (unpaired) electrons. The van der Waals surface area contributed by atoms with Crippen molar-refractivity contribution in [1.29, 1.82) is 0 Å². The van der Waals surface area contributed by atoms with Crippen LogP contribution in [0.5, 0.6) is 0 Å². The molecule has 2 unspecified atom stereocenters. The van der Waals surface area contributed by atoms with E-state index in [1.807, 2.05) is 4.90 Å². The predicted octanol–water partition coefficient (Wildman–Crippen LogP) is 0.698. The number of amides is 1. The number of halogens is 1. The first-order valence-corrected chi connectivity index (χ1v) is 6.34. The molecule has 2 heterocycles. The summed E-state index contributed by atoms with van der Waals surface area (Å²) in [5.74, 6) is 0.780. The molecule has 2 N–H and O–H groups in total. The zero-order valence-electron chi connectivity index (χ0n) is 10.8. The number of piperidine rings is 2. The maximum absolute atomic E-state index is 11.8. The van der Waals surface area contributed by atoms with E-state index in [2.05, 4.69) is 11.9 Å². The SMILES string of the molecule is C[C@@H](N)C(=O)N1CCC2C(CCCN2C)C1.Cl. The number of carbonyl (C=O) groups is 1. The van der Waals surface area contributed by atoms with Gasteiger partial charge in [-0.15, -0.1) is 12.4 Å². The highest BCUT2D eigenvalue weighted by atomic mass is 35.5. The molecule has 0 aromatic carbocycles. The van der Waals surface area contributed by atoms with E-state index in [-0.39, 0.29) is 24.4 Å². The fourth-order valence-corrected chi connectivity index (χ4v) is 3.14. The average molecular weight is 262 g/mol. The Kier molecular flexibility index (Phi) is 5.22. The smallest absolute Gasteiger partial charge is 0.239 e. The molecule has 0 aromatic rings. The van der Waals surface area contributed by atoms with Gasteiger partial charge in [-0.25, -0.2) is 0 Å². The van der Waals surface area contributed by atoms with Crippen molar-refractivity contribution in [3.05, 3.63) is 0 Å².